The first-order valence-corrected chi connectivity index (χ1v) is 10.4. The van der Waals surface area contributed by atoms with E-state index in [0.29, 0.717) is 30.8 Å². The summed E-state index contributed by atoms with van der Waals surface area (Å²) in [5.74, 6) is 0.0950. The zero-order chi connectivity index (χ0) is 18.9. The molecule has 0 radical (unpaired) electrons. The first kappa shape index (κ1) is 18.5. The highest BCUT2D eigenvalue weighted by Crippen LogP contribution is 2.26. The number of sulfonamides is 1. The highest BCUT2D eigenvalue weighted by atomic mass is 32.2. The molecule has 0 spiro atoms. The fourth-order valence-electron chi connectivity index (χ4n) is 3.41. The lowest BCUT2D eigenvalue weighted by Gasteiger charge is -2.23. The molecule has 0 N–H and O–H groups in total. The largest absolute Gasteiger partial charge is 0.309 e. The average Bonchev–Trinajstić information content (AvgIpc) is 2.94. The Kier molecular flexibility index (Phi) is 5.05. The molecule has 1 aliphatic heterocycles. The van der Waals surface area contributed by atoms with Gasteiger partial charge < -0.3 is 4.90 Å². The minimum absolute atomic E-state index is 0.0895. The number of rotatable bonds is 4. The number of anilines is 2. The van der Waals surface area contributed by atoms with Crippen molar-refractivity contribution in [3.8, 4) is 0 Å². The van der Waals surface area contributed by atoms with Crippen LogP contribution < -0.4 is 9.21 Å². The molecule has 0 bridgehead atoms. The summed E-state index contributed by atoms with van der Waals surface area (Å²) in [5, 5.41) is 0. The first-order valence-electron chi connectivity index (χ1n) is 8.82. The summed E-state index contributed by atoms with van der Waals surface area (Å²) in [6.45, 7) is 7.03. The summed E-state index contributed by atoms with van der Waals surface area (Å²) >= 11 is 0. The highest BCUT2D eigenvalue weighted by Gasteiger charge is 2.28. The average molecular weight is 372 g/mol. The van der Waals surface area contributed by atoms with Crippen LogP contribution in [-0.2, 0) is 10.0 Å². The maximum absolute atomic E-state index is 13.0. The van der Waals surface area contributed by atoms with Crippen LogP contribution in [0, 0.1) is 13.8 Å². The molecule has 0 atom stereocenters. The van der Waals surface area contributed by atoms with Crippen LogP contribution in [0.4, 0.5) is 11.4 Å². The van der Waals surface area contributed by atoms with Crippen molar-refractivity contribution in [2.45, 2.75) is 27.2 Å². The predicted octanol–water partition coefficient (Wildman–Crippen LogP) is 3.51. The summed E-state index contributed by atoms with van der Waals surface area (Å²) in [4.78, 5) is 14.7. The van der Waals surface area contributed by atoms with Crippen LogP contribution in [-0.4, -0.2) is 33.2 Å². The molecule has 26 heavy (non-hydrogen) atoms. The lowest BCUT2D eigenvalue weighted by molar-refractivity contribution is 0.0988. The SMILES string of the molecule is CCN(C(=O)c1ccc(N2CCCS2(=O)=O)cc1)c1cc(C)cc(C)c1. The quantitative estimate of drug-likeness (QED) is 0.825. The number of nitrogens with zero attached hydrogens (tertiary/aromatic N) is 2. The van der Waals surface area contributed by atoms with Crippen LogP contribution in [0.15, 0.2) is 42.5 Å². The molecular weight excluding hydrogens is 348 g/mol. The molecule has 1 heterocycles. The van der Waals surface area contributed by atoms with Crippen molar-refractivity contribution in [3.05, 3.63) is 59.2 Å². The first-order chi connectivity index (χ1) is 12.3. The number of hydrogen-bond acceptors (Lipinski definition) is 3. The van der Waals surface area contributed by atoms with Crippen molar-refractivity contribution >= 4 is 27.3 Å². The van der Waals surface area contributed by atoms with Gasteiger partial charge in [0.15, 0.2) is 0 Å². The van der Waals surface area contributed by atoms with E-state index >= 15 is 0 Å². The Morgan fingerprint density at radius 2 is 1.69 bits per heavy atom. The van der Waals surface area contributed by atoms with Gasteiger partial charge in [-0.2, -0.15) is 0 Å². The van der Waals surface area contributed by atoms with Crippen molar-refractivity contribution in [2.75, 3.05) is 28.0 Å². The molecule has 3 rings (SSSR count). The van der Waals surface area contributed by atoms with E-state index < -0.39 is 10.0 Å². The summed E-state index contributed by atoms with van der Waals surface area (Å²) in [7, 11) is -3.21. The van der Waals surface area contributed by atoms with E-state index in [-0.39, 0.29) is 11.7 Å². The van der Waals surface area contributed by atoms with Gasteiger partial charge in [-0.25, -0.2) is 8.42 Å². The van der Waals surface area contributed by atoms with E-state index in [2.05, 4.69) is 6.07 Å². The molecule has 5 nitrogen and oxygen atoms in total. The summed E-state index contributed by atoms with van der Waals surface area (Å²) in [6.07, 6.45) is 0.638. The molecule has 0 unspecified atom stereocenters. The van der Waals surface area contributed by atoms with Gasteiger partial charge in [0.05, 0.1) is 11.4 Å². The van der Waals surface area contributed by atoms with Crippen molar-refractivity contribution in [1.82, 2.24) is 0 Å². The summed E-state index contributed by atoms with van der Waals surface area (Å²) < 4.78 is 25.5. The standard InChI is InChI=1S/C20H24N2O3S/c1-4-21(19-13-15(2)12-16(3)14-19)20(23)17-6-8-18(9-7-17)22-10-5-11-26(22,24)25/h6-9,12-14H,4-5,10-11H2,1-3H3. The van der Waals surface area contributed by atoms with Gasteiger partial charge in [-0.15, -0.1) is 0 Å². The third-order valence-corrected chi connectivity index (χ3v) is 6.45. The molecule has 0 saturated carbocycles. The Morgan fingerprint density at radius 1 is 1.08 bits per heavy atom. The zero-order valence-electron chi connectivity index (χ0n) is 15.4. The van der Waals surface area contributed by atoms with Crippen molar-refractivity contribution in [2.24, 2.45) is 0 Å². The van der Waals surface area contributed by atoms with Gasteiger partial charge in [0.1, 0.15) is 0 Å². The van der Waals surface area contributed by atoms with Crippen LogP contribution in [0.3, 0.4) is 0 Å². The van der Waals surface area contributed by atoms with Crippen LogP contribution in [0.2, 0.25) is 0 Å². The fraction of sp³-hybridized carbons (Fsp3) is 0.350. The van der Waals surface area contributed by atoms with E-state index in [1.54, 1.807) is 29.2 Å². The van der Waals surface area contributed by atoms with Gasteiger partial charge in [0.25, 0.3) is 5.91 Å². The number of carbonyl (C=O) groups is 1. The van der Waals surface area contributed by atoms with Crippen molar-refractivity contribution in [3.63, 3.8) is 0 Å². The Hall–Kier alpha value is -2.34. The molecule has 1 saturated heterocycles. The lowest BCUT2D eigenvalue weighted by Crippen LogP contribution is -2.31. The minimum atomic E-state index is -3.21. The van der Waals surface area contributed by atoms with Crippen LogP contribution in [0.25, 0.3) is 0 Å². The number of aryl methyl sites for hydroxylation is 2. The highest BCUT2D eigenvalue weighted by molar-refractivity contribution is 7.93. The van der Waals surface area contributed by atoms with Crippen molar-refractivity contribution < 1.29 is 13.2 Å². The Balaban J connectivity index is 1.87. The Labute approximate surface area is 155 Å². The topological polar surface area (TPSA) is 57.7 Å². The Bertz CT molecular complexity index is 900. The maximum Gasteiger partial charge on any atom is 0.258 e. The number of hydrogen-bond donors (Lipinski definition) is 0. The monoisotopic (exact) mass is 372 g/mol. The number of benzene rings is 2. The molecule has 1 fully saturated rings. The van der Waals surface area contributed by atoms with Gasteiger partial charge in [0, 0.05) is 24.3 Å². The molecule has 1 amide bonds. The summed E-state index contributed by atoms with van der Waals surface area (Å²) in [5.41, 5.74) is 4.27. The predicted molar refractivity (Wildman–Crippen MR) is 105 cm³/mol. The molecule has 0 aromatic heterocycles. The van der Waals surface area contributed by atoms with Crippen LogP contribution >= 0.6 is 0 Å². The van der Waals surface area contributed by atoms with Gasteiger partial charge >= 0.3 is 0 Å². The fourth-order valence-corrected chi connectivity index (χ4v) is 4.97. The maximum atomic E-state index is 13.0. The number of amides is 1. The molecular formula is C20H24N2O3S. The third-order valence-electron chi connectivity index (χ3n) is 4.58. The second-order valence-electron chi connectivity index (χ2n) is 6.68. The normalized spacial score (nSPS) is 15.9. The van der Waals surface area contributed by atoms with E-state index in [9.17, 15) is 13.2 Å². The van der Waals surface area contributed by atoms with Crippen LogP contribution in [0.5, 0.6) is 0 Å². The van der Waals surface area contributed by atoms with Crippen LogP contribution in [0.1, 0.15) is 34.8 Å². The van der Waals surface area contributed by atoms with Gasteiger partial charge in [0.2, 0.25) is 10.0 Å². The molecule has 2 aromatic rings. The molecule has 0 aliphatic carbocycles. The van der Waals surface area contributed by atoms with Crippen molar-refractivity contribution in [1.29, 1.82) is 0 Å². The van der Waals surface area contributed by atoms with E-state index in [4.69, 9.17) is 0 Å². The molecule has 1 aliphatic rings. The number of carbonyl (C=O) groups excluding carboxylic acids is 1. The zero-order valence-corrected chi connectivity index (χ0v) is 16.2. The van der Waals surface area contributed by atoms with E-state index in [0.717, 1.165) is 16.8 Å². The second-order valence-corrected chi connectivity index (χ2v) is 8.70. The van der Waals surface area contributed by atoms with E-state index in [1.165, 1.54) is 4.31 Å². The summed E-state index contributed by atoms with van der Waals surface area (Å²) in [6, 6.07) is 12.9. The molecule has 6 heteroatoms. The van der Waals surface area contributed by atoms with E-state index in [1.807, 2.05) is 32.9 Å². The molecule has 138 valence electrons. The van der Waals surface area contributed by atoms with Gasteiger partial charge in [-0.05, 0) is 74.7 Å². The Morgan fingerprint density at radius 3 is 2.19 bits per heavy atom. The second kappa shape index (κ2) is 7.11. The lowest BCUT2D eigenvalue weighted by atomic mass is 10.1. The van der Waals surface area contributed by atoms with Gasteiger partial charge in [-0.3, -0.25) is 9.10 Å². The molecule has 2 aromatic carbocycles. The van der Waals surface area contributed by atoms with Gasteiger partial charge in [-0.1, -0.05) is 6.07 Å². The smallest absolute Gasteiger partial charge is 0.258 e. The third kappa shape index (κ3) is 3.60. The minimum Gasteiger partial charge on any atom is -0.309 e.